The topological polar surface area (TPSA) is 38.0 Å². The van der Waals surface area contributed by atoms with Crippen molar-refractivity contribution in [3.8, 4) is 0 Å². The maximum absolute atomic E-state index is 8.95. The number of nitrogens with zero attached hydrogens (tertiary/aromatic N) is 2. The van der Waals surface area contributed by atoms with Crippen LogP contribution in [-0.4, -0.2) is 14.7 Å². The zero-order valence-corrected chi connectivity index (χ0v) is 7.13. The lowest BCUT2D eigenvalue weighted by atomic mass is 10.4. The van der Waals surface area contributed by atoms with E-state index in [2.05, 4.69) is 24.0 Å². The van der Waals surface area contributed by atoms with Gasteiger partial charge in [0.15, 0.2) is 0 Å². The summed E-state index contributed by atoms with van der Waals surface area (Å²) >= 11 is 0. The average molecular weight is 162 g/mol. The third-order valence-electron chi connectivity index (χ3n) is 1.37. The molecule has 1 aromatic rings. The Morgan fingerprint density at radius 3 is 2.83 bits per heavy atom. The molecule has 0 bridgehead atoms. The van der Waals surface area contributed by atoms with Gasteiger partial charge < -0.3 is 5.11 Å². The van der Waals surface area contributed by atoms with Crippen LogP contribution in [0.15, 0.2) is 18.4 Å². The Labute approximate surface area is 71.7 Å². The van der Waals surface area contributed by atoms with Gasteiger partial charge in [-0.1, -0.05) is 6.58 Å². The van der Waals surface area contributed by atoms with Gasteiger partial charge in [-0.05, 0) is 19.9 Å². The van der Waals surface area contributed by atoms with Crippen LogP contribution in [0.3, 0.4) is 0 Å². The highest BCUT2D eigenvalue weighted by atomic mass is 16.3. The lowest BCUT2D eigenvalue weighted by Gasteiger charge is -2.00. The van der Waals surface area contributed by atoms with Gasteiger partial charge in [0, 0.05) is 6.20 Å². The largest absolute Gasteiger partial charge is 0.513 e. The van der Waals surface area contributed by atoms with E-state index in [1.54, 1.807) is 17.6 Å². The van der Waals surface area contributed by atoms with Crippen molar-refractivity contribution in [2.75, 3.05) is 0 Å². The Balaban J connectivity index is 2.93. The first-order chi connectivity index (χ1) is 5.61. The zero-order chi connectivity index (χ0) is 9.14. The number of aryl methyl sites for hydroxylation is 1. The molecular weight excluding hydrogens is 152 g/mol. The van der Waals surface area contributed by atoms with Crippen LogP contribution in [0, 0.1) is 19.3 Å². The summed E-state index contributed by atoms with van der Waals surface area (Å²) in [5.74, 6) is 0.957. The van der Waals surface area contributed by atoms with Gasteiger partial charge in [-0.25, -0.2) is 0 Å². The van der Waals surface area contributed by atoms with Crippen molar-refractivity contribution in [1.29, 1.82) is 0 Å². The van der Waals surface area contributed by atoms with Crippen LogP contribution >= 0.6 is 0 Å². The van der Waals surface area contributed by atoms with Gasteiger partial charge in [0.1, 0.15) is 5.82 Å². The van der Waals surface area contributed by atoms with E-state index in [0.717, 1.165) is 5.82 Å². The standard InChI is InChI=1S/C9H10N2O/c1-7(6-8(2)12)11-5-4-10-9(11)3/h6,12H,1H2,2-3H3/b8-6+. The van der Waals surface area contributed by atoms with Crippen LogP contribution in [-0.2, 0) is 0 Å². The van der Waals surface area contributed by atoms with E-state index >= 15 is 0 Å². The van der Waals surface area contributed by atoms with Gasteiger partial charge in [0.25, 0.3) is 0 Å². The van der Waals surface area contributed by atoms with Crippen molar-refractivity contribution < 1.29 is 5.11 Å². The molecule has 0 unspecified atom stereocenters. The van der Waals surface area contributed by atoms with Crippen molar-refractivity contribution in [3.63, 3.8) is 0 Å². The summed E-state index contributed by atoms with van der Waals surface area (Å²) in [6, 6.07) is 0. The fourth-order valence-corrected chi connectivity index (χ4v) is 0.872. The van der Waals surface area contributed by atoms with E-state index in [4.69, 9.17) is 5.11 Å². The molecule has 0 aliphatic rings. The number of aliphatic hydroxyl groups is 1. The van der Waals surface area contributed by atoms with Gasteiger partial charge in [-0.3, -0.25) is 4.57 Å². The molecule has 0 radical (unpaired) electrons. The molecule has 0 aliphatic heterocycles. The number of aliphatic hydroxyl groups excluding tert-OH is 1. The summed E-state index contributed by atoms with van der Waals surface area (Å²) in [4.78, 5) is 3.86. The molecule has 0 fully saturated rings. The summed E-state index contributed by atoms with van der Waals surface area (Å²) in [6.45, 7) is 7.14. The molecule has 12 heavy (non-hydrogen) atoms. The molecule has 0 saturated carbocycles. The van der Waals surface area contributed by atoms with E-state index in [1.165, 1.54) is 0 Å². The lowest BCUT2D eigenvalue weighted by Crippen LogP contribution is -1.95. The summed E-state index contributed by atoms with van der Waals surface area (Å²) in [5, 5.41) is 8.95. The lowest BCUT2D eigenvalue weighted by molar-refractivity contribution is 0.414. The number of rotatable bonds is 2. The predicted octanol–water partition coefficient (Wildman–Crippen LogP) is 1.72. The molecule has 1 heterocycles. The van der Waals surface area contributed by atoms with Crippen molar-refractivity contribution in [1.82, 2.24) is 9.55 Å². The first kappa shape index (κ1) is 8.41. The molecule has 3 nitrogen and oxygen atoms in total. The summed E-state index contributed by atoms with van der Waals surface area (Å²) in [7, 11) is 0. The maximum Gasteiger partial charge on any atom is 0.128 e. The van der Waals surface area contributed by atoms with Gasteiger partial charge in [-0.15, -0.1) is 0 Å². The highest BCUT2D eigenvalue weighted by Gasteiger charge is 1.97. The van der Waals surface area contributed by atoms with Crippen molar-refractivity contribution in [3.05, 3.63) is 36.6 Å². The zero-order valence-electron chi connectivity index (χ0n) is 7.13. The highest BCUT2D eigenvalue weighted by Crippen LogP contribution is 2.05. The Morgan fingerprint density at radius 2 is 2.42 bits per heavy atom. The molecule has 1 rings (SSSR count). The Hall–Kier alpha value is -1.69. The first-order valence-corrected chi connectivity index (χ1v) is 3.52. The third kappa shape index (κ3) is 1.67. The van der Waals surface area contributed by atoms with Gasteiger partial charge in [-0.2, -0.15) is 4.98 Å². The summed E-state index contributed by atoms with van der Waals surface area (Å²) in [6.07, 6.45) is 6.84. The van der Waals surface area contributed by atoms with E-state index < -0.39 is 0 Å². The second-order valence-corrected chi connectivity index (χ2v) is 2.50. The molecule has 0 amide bonds. The summed E-state index contributed by atoms with van der Waals surface area (Å²) in [5.41, 5.74) is 0.626. The molecule has 0 atom stereocenters. The normalized spacial score (nSPS) is 11.0. The fraction of sp³-hybridized carbons (Fsp3) is 0.222. The van der Waals surface area contributed by atoms with E-state index in [0.29, 0.717) is 5.70 Å². The fourth-order valence-electron chi connectivity index (χ4n) is 0.872. The van der Waals surface area contributed by atoms with Crippen LogP contribution in [0.2, 0.25) is 0 Å². The van der Waals surface area contributed by atoms with Crippen LogP contribution in [0.4, 0.5) is 0 Å². The number of allylic oxidation sites excluding steroid dienone is 3. The highest BCUT2D eigenvalue weighted by molar-refractivity contribution is 5.54. The minimum Gasteiger partial charge on any atom is -0.513 e. The van der Waals surface area contributed by atoms with Gasteiger partial charge in [0.05, 0.1) is 17.7 Å². The monoisotopic (exact) mass is 162 g/mol. The molecule has 0 aromatic carbocycles. The van der Waals surface area contributed by atoms with Crippen LogP contribution in [0.25, 0.3) is 5.70 Å². The molecule has 0 saturated heterocycles. The van der Waals surface area contributed by atoms with Crippen LogP contribution < -0.4 is 0 Å². The maximum atomic E-state index is 8.95. The smallest absolute Gasteiger partial charge is 0.128 e. The molecule has 1 N–H and O–H groups in total. The predicted molar refractivity (Wildman–Crippen MR) is 46.4 cm³/mol. The molecule has 62 valence electrons. The number of aromatic nitrogens is 2. The van der Waals surface area contributed by atoms with Crippen LogP contribution in [0.5, 0.6) is 0 Å². The van der Waals surface area contributed by atoms with Gasteiger partial charge >= 0.3 is 0 Å². The van der Waals surface area contributed by atoms with Gasteiger partial charge in [0.2, 0.25) is 0 Å². The Morgan fingerprint density at radius 1 is 1.75 bits per heavy atom. The molecule has 0 aliphatic carbocycles. The molecule has 0 spiro atoms. The SMILES string of the molecule is C=C(/C=C(\C)O)n1c#cnc1C. The molecule has 1 aromatic heterocycles. The summed E-state index contributed by atoms with van der Waals surface area (Å²) < 4.78 is 1.62. The van der Waals surface area contributed by atoms with Crippen molar-refractivity contribution in [2.24, 2.45) is 0 Å². The Bertz CT molecular complexity index is 319. The second kappa shape index (κ2) is 3.14. The van der Waals surface area contributed by atoms with Crippen molar-refractivity contribution in [2.45, 2.75) is 13.8 Å². The molecule has 3 heteroatoms. The molecular formula is C9H10N2O. The van der Waals surface area contributed by atoms with E-state index in [1.807, 2.05) is 6.92 Å². The van der Waals surface area contributed by atoms with Crippen molar-refractivity contribution >= 4 is 5.70 Å². The first-order valence-electron chi connectivity index (χ1n) is 3.52. The Kier molecular flexibility index (Phi) is 2.20. The van der Waals surface area contributed by atoms with E-state index in [9.17, 15) is 0 Å². The minimum absolute atomic E-state index is 0.210. The second-order valence-electron chi connectivity index (χ2n) is 2.50. The van der Waals surface area contributed by atoms with E-state index in [-0.39, 0.29) is 5.76 Å². The number of hydrogen-bond acceptors (Lipinski definition) is 2. The minimum atomic E-state index is 0.210. The average Bonchev–Trinajstić information content (AvgIpc) is 2.33. The quantitative estimate of drug-likeness (QED) is 0.531. The number of hydrogen-bond donors (Lipinski definition) is 1. The van der Waals surface area contributed by atoms with Crippen LogP contribution in [0.1, 0.15) is 12.7 Å². The third-order valence-corrected chi connectivity index (χ3v) is 1.37.